The van der Waals surface area contributed by atoms with Gasteiger partial charge in [0.25, 0.3) is 11.5 Å². The average Bonchev–Trinajstić information content (AvgIpc) is 2.16. The number of primary amides is 1. The second kappa shape index (κ2) is 3.05. The molecule has 0 saturated heterocycles. The minimum absolute atomic E-state index is 0.00546. The monoisotopic (exact) mass is 207 g/mol. The van der Waals surface area contributed by atoms with Crippen LogP contribution < -0.4 is 16.9 Å². The van der Waals surface area contributed by atoms with E-state index in [4.69, 9.17) is 5.73 Å². The molecule has 76 valence electrons. The van der Waals surface area contributed by atoms with Gasteiger partial charge < -0.3 is 15.1 Å². The number of nitrogens with zero attached hydrogens (tertiary/aromatic N) is 1. The summed E-state index contributed by atoms with van der Waals surface area (Å²) in [5.41, 5.74) is 3.00. The van der Waals surface area contributed by atoms with Crippen molar-refractivity contribution in [1.29, 1.82) is 0 Å². The number of hydrogen-bond donors (Lipinski definition) is 2. The number of carbonyl (C=O) groups is 1. The second-order valence-electron chi connectivity index (χ2n) is 2.76. The zero-order valence-electron chi connectivity index (χ0n) is 7.31. The molecule has 0 aliphatic carbocycles. The van der Waals surface area contributed by atoms with Crippen LogP contribution in [-0.4, -0.2) is 15.9 Å². The molecule has 0 spiro atoms. The third kappa shape index (κ3) is 1.39. The van der Waals surface area contributed by atoms with Crippen LogP contribution in [0.25, 0.3) is 11.1 Å². The number of carbonyl (C=O) groups excluding carboxylic acids is 1. The van der Waals surface area contributed by atoms with E-state index < -0.39 is 17.1 Å². The highest BCUT2D eigenvalue weighted by molar-refractivity contribution is 5.94. The van der Waals surface area contributed by atoms with Crippen LogP contribution in [0.2, 0.25) is 0 Å². The van der Waals surface area contributed by atoms with E-state index in [9.17, 15) is 14.4 Å². The third-order valence-electron chi connectivity index (χ3n) is 1.82. The predicted octanol–water partition coefficient (Wildman–Crippen LogP) is -1.02. The zero-order valence-corrected chi connectivity index (χ0v) is 7.31. The van der Waals surface area contributed by atoms with Gasteiger partial charge in [-0.15, -0.1) is 0 Å². The molecule has 0 atom stereocenters. The summed E-state index contributed by atoms with van der Waals surface area (Å²) in [5.74, 6) is -0.950. The molecule has 2 aromatic rings. The Balaban J connectivity index is 2.96. The van der Waals surface area contributed by atoms with Gasteiger partial charge >= 0.3 is 5.63 Å². The molecule has 3 N–H and O–H groups in total. The lowest BCUT2D eigenvalue weighted by Crippen LogP contribution is -2.22. The number of hydrogen-bond acceptors (Lipinski definition) is 5. The van der Waals surface area contributed by atoms with E-state index in [1.165, 1.54) is 0 Å². The predicted molar refractivity (Wildman–Crippen MR) is 49.4 cm³/mol. The van der Waals surface area contributed by atoms with Crippen molar-refractivity contribution >= 4 is 17.0 Å². The van der Waals surface area contributed by atoms with Gasteiger partial charge in [0, 0.05) is 0 Å². The number of H-pyrrole nitrogens is 1. The number of rotatable bonds is 1. The second-order valence-corrected chi connectivity index (χ2v) is 2.76. The van der Waals surface area contributed by atoms with E-state index in [0.717, 1.165) is 12.4 Å². The van der Waals surface area contributed by atoms with Gasteiger partial charge in [0.2, 0.25) is 5.71 Å². The molecule has 2 rings (SSSR count). The fraction of sp³-hybridized carbons (Fsp3) is 0. The Bertz CT molecular complexity index is 655. The first kappa shape index (κ1) is 9.13. The Morgan fingerprint density at radius 1 is 1.47 bits per heavy atom. The molecule has 0 bridgehead atoms. The normalized spacial score (nSPS) is 10.4. The molecule has 2 heterocycles. The first-order valence-corrected chi connectivity index (χ1v) is 3.91. The van der Waals surface area contributed by atoms with Crippen LogP contribution in [0.5, 0.6) is 0 Å². The van der Waals surface area contributed by atoms with Crippen LogP contribution in [0.3, 0.4) is 0 Å². The van der Waals surface area contributed by atoms with Crippen LogP contribution in [-0.2, 0) is 0 Å². The maximum atomic E-state index is 11.3. The lowest BCUT2D eigenvalue weighted by molar-refractivity contribution is 0.0997. The van der Waals surface area contributed by atoms with Crippen LogP contribution in [0.4, 0.5) is 0 Å². The Kier molecular flexibility index (Phi) is 1.86. The summed E-state index contributed by atoms with van der Waals surface area (Å²) in [6.07, 6.45) is 1.09. The first-order chi connectivity index (χ1) is 7.09. The van der Waals surface area contributed by atoms with Crippen LogP contribution in [0, 0.1) is 0 Å². The van der Waals surface area contributed by atoms with Gasteiger partial charge in [0.05, 0.1) is 6.33 Å². The van der Waals surface area contributed by atoms with E-state index in [1.807, 2.05) is 0 Å². The molecular weight excluding hydrogens is 202 g/mol. The number of fused-ring (bicyclic) bond motifs is 1. The standard InChI is InChI=1S/C8H5N3O4/c9-5(12)3-1-4-6(13)10-2-11-7(4)15-8(3)14/h1-2H,(H2,9,12)(H,10,11,13). The molecule has 7 nitrogen and oxygen atoms in total. The van der Waals surface area contributed by atoms with Crippen molar-refractivity contribution in [3.05, 3.63) is 38.7 Å². The first-order valence-electron chi connectivity index (χ1n) is 3.91. The summed E-state index contributed by atoms with van der Waals surface area (Å²) >= 11 is 0. The molecule has 0 radical (unpaired) electrons. The van der Waals surface area contributed by atoms with Crippen molar-refractivity contribution in [2.24, 2.45) is 5.73 Å². The van der Waals surface area contributed by atoms with Crippen molar-refractivity contribution in [3.8, 4) is 0 Å². The van der Waals surface area contributed by atoms with Crippen molar-refractivity contribution in [3.63, 3.8) is 0 Å². The third-order valence-corrected chi connectivity index (χ3v) is 1.82. The van der Waals surface area contributed by atoms with Crippen molar-refractivity contribution < 1.29 is 9.21 Å². The SMILES string of the molecule is NC(=O)c1cc2c(=O)[nH]cnc2oc1=O. The minimum Gasteiger partial charge on any atom is -0.403 e. The highest BCUT2D eigenvalue weighted by Crippen LogP contribution is 2.03. The molecule has 15 heavy (non-hydrogen) atoms. The summed E-state index contributed by atoms with van der Waals surface area (Å²) < 4.78 is 4.65. The summed E-state index contributed by atoms with van der Waals surface area (Å²) in [6.45, 7) is 0. The maximum absolute atomic E-state index is 11.3. The van der Waals surface area contributed by atoms with Gasteiger partial charge in [-0.1, -0.05) is 0 Å². The summed E-state index contributed by atoms with van der Waals surface area (Å²) in [4.78, 5) is 39.1. The largest absolute Gasteiger partial charge is 0.403 e. The Morgan fingerprint density at radius 2 is 2.20 bits per heavy atom. The summed E-state index contributed by atoms with van der Waals surface area (Å²) in [6, 6.07) is 1.06. The molecular formula is C8H5N3O4. The molecule has 0 aromatic carbocycles. The van der Waals surface area contributed by atoms with Crippen molar-refractivity contribution in [1.82, 2.24) is 9.97 Å². The van der Waals surface area contributed by atoms with E-state index in [1.54, 1.807) is 0 Å². The van der Waals surface area contributed by atoms with Gasteiger partial charge in [-0.05, 0) is 6.07 Å². The number of aromatic nitrogens is 2. The van der Waals surface area contributed by atoms with Gasteiger partial charge in [-0.3, -0.25) is 9.59 Å². The van der Waals surface area contributed by atoms with Gasteiger partial charge in [0.1, 0.15) is 10.9 Å². The van der Waals surface area contributed by atoms with Crippen LogP contribution in [0.1, 0.15) is 10.4 Å². The van der Waals surface area contributed by atoms with Crippen LogP contribution >= 0.6 is 0 Å². The number of nitrogens with two attached hydrogens (primary N) is 1. The molecule has 0 aliphatic heterocycles. The lowest BCUT2D eigenvalue weighted by Gasteiger charge is -1.95. The topological polar surface area (TPSA) is 119 Å². The van der Waals surface area contributed by atoms with E-state index in [-0.39, 0.29) is 16.7 Å². The van der Waals surface area contributed by atoms with Gasteiger partial charge in [-0.2, -0.15) is 0 Å². The number of amides is 1. The van der Waals surface area contributed by atoms with E-state index in [0.29, 0.717) is 0 Å². The van der Waals surface area contributed by atoms with Crippen molar-refractivity contribution in [2.75, 3.05) is 0 Å². The average molecular weight is 207 g/mol. The fourth-order valence-electron chi connectivity index (χ4n) is 1.12. The van der Waals surface area contributed by atoms with Crippen molar-refractivity contribution in [2.45, 2.75) is 0 Å². The zero-order chi connectivity index (χ0) is 11.0. The Hall–Kier alpha value is -2.44. The van der Waals surface area contributed by atoms with Crippen LogP contribution in [0.15, 0.2) is 26.4 Å². The van der Waals surface area contributed by atoms with Gasteiger partial charge in [-0.25, -0.2) is 9.78 Å². The van der Waals surface area contributed by atoms with E-state index >= 15 is 0 Å². The molecule has 0 aliphatic rings. The number of nitrogens with one attached hydrogen (secondary N) is 1. The highest BCUT2D eigenvalue weighted by Gasteiger charge is 2.12. The van der Waals surface area contributed by atoms with E-state index in [2.05, 4.69) is 14.4 Å². The molecule has 0 fully saturated rings. The lowest BCUT2D eigenvalue weighted by atomic mass is 10.2. The Morgan fingerprint density at radius 3 is 2.87 bits per heavy atom. The molecule has 0 unspecified atom stereocenters. The molecule has 2 aromatic heterocycles. The summed E-state index contributed by atoms with van der Waals surface area (Å²) in [7, 11) is 0. The summed E-state index contributed by atoms with van der Waals surface area (Å²) in [5, 5.41) is 0.00546. The quantitative estimate of drug-likeness (QED) is 0.619. The molecule has 0 saturated carbocycles. The fourth-order valence-corrected chi connectivity index (χ4v) is 1.12. The smallest absolute Gasteiger partial charge is 0.350 e. The number of aromatic amines is 1. The molecule has 1 amide bonds. The Labute approximate surface area is 81.5 Å². The minimum atomic E-state index is -0.950. The highest BCUT2D eigenvalue weighted by atomic mass is 16.4. The molecule has 7 heteroatoms. The van der Waals surface area contributed by atoms with Gasteiger partial charge in [0.15, 0.2) is 0 Å². The maximum Gasteiger partial charge on any atom is 0.350 e.